The number of thioether (sulfide) groups is 1. The molecule has 4 aromatic rings. The van der Waals surface area contributed by atoms with Crippen LogP contribution in [0.3, 0.4) is 0 Å². The lowest BCUT2D eigenvalue weighted by Gasteiger charge is -2.11. The Morgan fingerprint density at radius 1 is 1.18 bits per heavy atom. The van der Waals surface area contributed by atoms with Crippen LogP contribution >= 0.6 is 27.7 Å². The molecule has 0 unspecified atom stereocenters. The maximum Gasteiger partial charge on any atom is 0.234 e. The molecule has 0 fully saturated rings. The monoisotopic (exact) mass is 526 g/mol. The molecule has 6 nitrogen and oxygen atoms in total. The predicted octanol–water partition coefficient (Wildman–Crippen LogP) is 5.83. The van der Waals surface area contributed by atoms with E-state index in [1.807, 2.05) is 47.0 Å². The SMILES string of the molecule is C=CCn1c(COc2cccc3ccccc23)nnc1SCC(=O)Nc1ccc(Br)cc1F. The van der Waals surface area contributed by atoms with Gasteiger partial charge in [-0.05, 0) is 29.7 Å². The number of hydrogen-bond acceptors (Lipinski definition) is 5. The van der Waals surface area contributed by atoms with Crippen LogP contribution < -0.4 is 10.1 Å². The summed E-state index contributed by atoms with van der Waals surface area (Å²) in [5, 5.41) is 13.7. The quantitative estimate of drug-likeness (QED) is 0.219. The van der Waals surface area contributed by atoms with Crippen LogP contribution in [0.5, 0.6) is 5.75 Å². The summed E-state index contributed by atoms with van der Waals surface area (Å²) in [5.74, 6) is 0.569. The highest BCUT2D eigenvalue weighted by Gasteiger charge is 2.15. The van der Waals surface area contributed by atoms with Gasteiger partial charge in [0.25, 0.3) is 0 Å². The van der Waals surface area contributed by atoms with Gasteiger partial charge < -0.3 is 10.1 Å². The molecule has 0 saturated heterocycles. The van der Waals surface area contributed by atoms with Crippen molar-refractivity contribution in [2.75, 3.05) is 11.1 Å². The van der Waals surface area contributed by atoms with Crippen molar-refractivity contribution in [2.24, 2.45) is 0 Å². The molecule has 1 heterocycles. The van der Waals surface area contributed by atoms with Gasteiger partial charge in [0, 0.05) is 16.4 Å². The molecule has 33 heavy (non-hydrogen) atoms. The van der Waals surface area contributed by atoms with E-state index >= 15 is 0 Å². The van der Waals surface area contributed by atoms with E-state index in [0.29, 0.717) is 22.0 Å². The molecule has 0 aliphatic rings. The molecule has 0 saturated carbocycles. The van der Waals surface area contributed by atoms with Crippen molar-refractivity contribution < 1.29 is 13.9 Å². The maximum atomic E-state index is 14.0. The molecule has 3 aromatic carbocycles. The number of amides is 1. The largest absolute Gasteiger partial charge is 0.485 e. The average molecular weight is 527 g/mol. The molecule has 1 amide bonds. The number of fused-ring (bicyclic) bond motifs is 1. The number of allylic oxidation sites excluding steroid dienone is 1. The summed E-state index contributed by atoms with van der Waals surface area (Å²) in [7, 11) is 0. The van der Waals surface area contributed by atoms with E-state index in [-0.39, 0.29) is 24.0 Å². The van der Waals surface area contributed by atoms with Crippen LogP contribution in [0.4, 0.5) is 10.1 Å². The zero-order chi connectivity index (χ0) is 23.2. The van der Waals surface area contributed by atoms with Crippen molar-refractivity contribution >= 4 is 50.1 Å². The molecule has 0 spiro atoms. The van der Waals surface area contributed by atoms with Crippen LogP contribution in [0.1, 0.15) is 5.82 Å². The molecular formula is C24H20BrFN4O2S. The summed E-state index contributed by atoms with van der Waals surface area (Å²) in [5.41, 5.74) is 0.125. The highest BCUT2D eigenvalue weighted by atomic mass is 79.9. The highest BCUT2D eigenvalue weighted by molar-refractivity contribution is 9.10. The Kier molecular flexibility index (Phi) is 7.41. The van der Waals surface area contributed by atoms with Crippen LogP contribution in [0.2, 0.25) is 0 Å². The minimum atomic E-state index is -0.509. The molecule has 168 valence electrons. The number of anilines is 1. The summed E-state index contributed by atoms with van der Waals surface area (Å²) in [4.78, 5) is 12.3. The molecule has 1 aromatic heterocycles. The Balaban J connectivity index is 1.43. The van der Waals surface area contributed by atoms with E-state index in [0.717, 1.165) is 16.5 Å². The van der Waals surface area contributed by atoms with E-state index < -0.39 is 5.82 Å². The van der Waals surface area contributed by atoms with Crippen molar-refractivity contribution in [3.05, 3.63) is 89.4 Å². The van der Waals surface area contributed by atoms with E-state index in [1.54, 1.807) is 12.1 Å². The minimum absolute atomic E-state index is 0.0506. The number of carbonyl (C=O) groups excluding carboxylic acids is 1. The second-order valence-electron chi connectivity index (χ2n) is 7.03. The minimum Gasteiger partial charge on any atom is -0.485 e. The number of carbonyl (C=O) groups is 1. The van der Waals surface area contributed by atoms with Gasteiger partial charge in [0.1, 0.15) is 18.2 Å². The number of nitrogens with one attached hydrogen (secondary N) is 1. The van der Waals surface area contributed by atoms with Gasteiger partial charge in [-0.1, -0.05) is 70.2 Å². The van der Waals surface area contributed by atoms with Gasteiger partial charge in [-0.15, -0.1) is 16.8 Å². The smallest absolute Gasteiger partial charge is 0.234 e. The third kappa shape index (κ3) is 5.61. The Bertz CT molecular complexity index is 1310. The number of nitrogens with zero attached hydrogens (tertiary/aromatic N) is 3. The zero-order valence-corrected chi connectivity index (χ0v) is 19.9. The number of aromatic nitrogens is 3. The second kappa shape index (κ2) is 10.6. The van der Waals surface area contributed by atoms with Crippen molar-refractivity contribution in [2.45, 2.75) is 18.3 Å². The van der Waals surface area contributed by atoms with Crippen molar-refractivity contribution in [3.63, 3.8) is 0 Å². The van der Waals surface area contributed by atoms with Crippen LogP contribution in [0.25, 0.3) is 10.8 Å². The molecule has 0 aliphatic heterocycles. The molecule has 0 bridgehead atoms. The van der Waals surface area contributed by atoms with Gasteiger partial charge in [-0.3, -0.25) is 9.36 Å². The van der Waals surface area contributed by atoms with Gasteiger partial charge >= 0.3 is 0 Å². The maximum absolute atomic E-state index is 14.0. The third-order valence-corrected chi connectivity index (χ3v) is 6.21. The number of benzene rings is 3. The van der Waals surface area contributed by atoms with E-state index in [9.17, 15) is 9.18 Å². The van der Waals surface area contributed by atoms with E-state index in [1.165, 1.54) is 23.9 Å². The van der Waals surface area contributed by atoms with Crippen LogP contribution in [-0.4, -0.2) is 26.4 Å². The molecule has 4 rings (SSSR count). The molecular weight excluding hydrogens is 507 g/mol. The van der Waals surface area contributed by atoms with Crippen LogP contribution in [-0.2, 0) is 17.9 Å². The molecule has 0 aliphatic carbocycles. The topological polar surface area (TPSA) is 69.0 Å². The highest BCUT2D eigenvalue weighted by Crippen LogP contribution is 2.26. The van der Waals surface area contributed by atoms with Crippen LogP contribution in [0.15, 0.2) is 82.9 Å². The standard InChI is InChI=1S/C24H20BrFN4O2S/c1-2-12-30-22(14-32-21-9-5-7-16-6-3-4-8-18(16)21)28-29-24(30)33-15-23(31)27-20-11-10-17(25)13-19(20)26/h2-11,13H,1,12,14-15H2,(H,27,31). The molecule has 9 heteroatoms. The Hall–Kier alpha value is -3.17. The summed E-state index contributed by atoms with van der Waals surface area (Å²) < 4.78 is 22.4. The Morgan fingerprint density at radius 3 is 2.82 bits per heavy atom. The van der Waals surface area contributed by atoms with Crippen molar-refractivity contribution in [1.82, 2.24) is 14.8 Å². The number of halogens is 2. The predicted molar refractivity (Wildman–Crippen MR) is 132 cm³/mol. The van der Waals surface area contributed by atoms with E-state index in [2.05, 4.69) is 38.0 Å². The Morgan fingerprint density at radius 2 is 2.00 bits per heavy atom. The molecule has 0 atom stereocenters. The lowest BCUT2D eigenvalue weighted by Crippen LogP contribution is -2.16. The van der Waals surface area contributed by atoms with Crippen LogP contribution in [0, 0.1) is 5.82 Å². The lowest BCUT2D eigenvalue weighted by atomic mass is 10.1. The second-order valence-corrected chi connectivity index (χ2v) is 8.88. The van der Waals surface area contributed by atoms with Crippen molar-refractivity contribution in [1.29, 1.82) is 0 Å². The number of rotatable bonds is 9. The third-order valence-electron chi connectivity index (χ3n) is 4.75. The fourth-order valence-corrected chi connectivity index (χ4v) is 4.32. The number of hydrogen-bond donors (Lipinski definition) is 1. The van der Waals surface area contributed by atoms with E-state index in [4.69, 9.17) is 4.74 Å². The fraction of sp³-hybridized carbons (Fsp3) is 0.125. The van der Waals surface area contributed by atoms with Gasteiger partial charge in [0.05, 0.1) is 11.4 Å². The summed E-state index contributed by atoms with van der Waals surface area (Å²) in [6, 6.07) is 18.3. The lowest BCUT2D eigenvalue weighted by molar-refractivity contribution is -0.113. The first kappa shape index (κ1) is 23.0. The van der Waals surface area contributed by atoms with Gasteiger partial charge in [0.2, 0.25) is 5.91 Å². The normalized spacial score (nSPS) is 10.8. The first-order valence-electron chi connectivity index (χ1n) is 10.1. The summed E-state index contributed by atoms with van der Waals surface area (Å²) >= 11 is 4.41. The molecule has 0 radical (unpaired) electrons. The van der Waals surface area contributed by atoms with Gasteiger partial charge in [0.15, 0.2) is 11.0 Å². The number of ether oxygens (including phenoxy) is 1. The summed E-state index contributed by atoms with van der Waals surface area (Å²) in [6.07, 6.45) is 1.73. The first-order valence-corrected chi connectivity index (χ1v) is 11.8. The van der Waals surface area contributed by atoms with Crippen molar-refractivity contribution in [3.8, 4) is 5.75 Å². The van der Waals surface area contributed by atoms with Gasteiger partial charge in [-0.2, -0.15) is 0 Å². The zero-order valence-electron chi connectivity index (χ0n) is 17.5. The Labute approximate surface area is 203 Å². The average Bonchev–Trinajstić information content (AvgIpc) is 3.20. The molecule has 1 N–H and O–H groups in total. The van der Waals surface area contributed by atoms with Gasteiger partial charge in [-0.25, -0.2) is 4.39 Å². The summed E-state index contributed by atoms with van der Waals surface area (Å²) in [6.45, 7) is 4.47. The fourth-order valence-electron chi connectivity index (χ4n) is 3.22. The first-order chi connectivity index (χ1) is 16.0.